The zero-order chi connectivity index (χ0) is 13.8. The Morgan fingerprint density at radius 3 is 2.61 bits per heavy atom. The summed E-state index contributed by atoms with van der Waals surface area (Å²) in [7, 11) is 0. The first-order valence-electron chi connectivity index (χ1n) is 6.25. The molecular weight excluding hydrogens is 236 g/mol. The van der Waals surface area contributed by atoms with Crippen LogP contribution in [0, 0.1) is 5.41 Å². The third kappa shape index (κ3) is 4.52. The van der Waals surface area contributed by atoms with Crippen molar-refractivity contribution in [3.8, 4) is 0 Å². The van der Waals surface area contributed by atoms with Gasteiger partial charge in [0.25, 0.3) is 0 Å². The molecule has 0 aromatic rings. The van der Waals surface area contributed by atoms with E-state index in [4.69, 9.17) is 10.2 Å². The molecule has 0 aliphatic carbocycles. The molecule has 1 rings (SSSR count). The Kier molecular flexibility index (Phi) is 4.95. The standard InChI is InChI=1S/C12H22N2O4/c1-12(2)4-3-6-14(7-5-12)11(18)13-8-9(15)10(16)17/h9,15H,3-8H2,1-2H3,(H,13,18)(H,16,17). The van der Waals surface area contributed by atoms with Crippen LogP contribution >= 0.6 is 0 Å². The summed E-state index contributed by atoms with van der Waals surface area (Å²) in [5.74, 6) is -1.33. The van der Waals surface area contributed by atoms with Crippen LogP contribution in [0.1, 0.15) is 33.1 Å². The van der Waals surface area contributed by atoms with Gasteiger partial charge in [0, 0.05) is 13.1 Å². The number of carbonyl (C=O) groups is 2. The maximum absolute atomic E-state index is 11.8. The number of carbonyl (C=O) groups excluding carboxylic acids is 1. The van der Waals surface area contributed by atoms with Crippen LogP contribution in [0.5, 0.6) is 0 Å². The lowest BCUT2D eigenvalue weighted by atomic mass is 9.85. The summed E-state index contributed by atoms with van der Waals surface area (Å²) in [5.41, 5.74) is 0.246. The van der Waals surface area contributed by atoms with Crippen molar-refractivity contribution in [2.45, 2.75) is 39.2 Å². The number of nitrogens with one attached hydrogen (secondary N) is 1. The van der Waals surface area contributed by atoms with E-state index >= 15 is 0 Å². The summed E-state index contributed by atoms with van der Waals surface area (Å²) in [5, 5.41) is 20.0. The fourth-order valence-corrected chi connectivity index (χ4v) is 2.01. The molecule has 0 radical (unpaired) electrons. The molecule has 2 amide bonds. The van der Waals surface area contributed by atoms with Crippen LogP contribution in [0.4, 0.5) is 4.79 Å². The molecule has 0 spiro atoms. The van der Waals surface area contributed by atoms with Crippen LogP contribution in [0.3, 0.4) is 0 Å². The van der Waals surface area contributed by atoms with Crippen LogP contribution in [0.25, 0.3) is 0 Å². The number of amides is 2. The van der Waals surface area contributed by atoms with Gasteiger partial charge in [-0.1, -0.05) is 13.8 Å². The first-order chi connectivity index (χ1) is 8.32. The van der Waals surface area contributed by atoms with Gasteiger partial charge in [0.2, 0.25) is 0 Å². The fraction of sp³-hybridized carbons (Fsp3) is 0.833. The molecule has 1 heterocycles. The molecule has 1 unspecified atom stereocenters. The molecule has 6 nitrogen and oxygen atoms in total. The van der Waals surface area contributed by atoms with E-state index in [9.17, 15) is 9.59 Å². The molecule has 1 aliphatic heterocycles. The van der Waals surface area contributed by atoms with Gasteiger partial charge in [-0.15, -0.1) is 0 Å². The fourth-order valence-electron chi connectivity index (χ4n) is 2.01. The Bertz CT molecular complexity index is 317. The third-order valence-electron chi connectivity index (χ3n) is 3.36. The average molecular weight is 258 g/mol. The molecule has 0 saturated carbocycles. The molecule has 1 fully saturated rings. The Morgan fingerprint density at radius 1 is 1.33 bits per heavy atom. The maximum Gasteiger partial charge on any atom is 0.334 e. The van der Waals surface area contributed by atoms with E-state index in [0.29, 0.717) is 13.1 Å². The number of likely N-dealkylation sites (tertiary alicyclic amines) is 1. The molecule has 18 heavy (non-hydrogen) atoms. The van der Waals surface area contributed by atoms with Crippen LogP contribution in [0.2, 0.25) is 0 Å². The van der Waals surface area contributed by atoms with Gasteiger partial charge in [-0.05, 0) is 24.7 Å². The minimum absolute atomic E-state index is 0.246. The number of aliphatic hydroxyl groups is 1. The maximum atomic E-state index is 11.8. The lowest BCUT2D eigenvalue weighted by molar-refractivity contribution is -0.146. The van der Waals surface area contributed by atoms with Crippen LogP contribution in [-0.2, 0) is 4.79 Å². The van der Waals surface area contributed by atoms with Crippen molar-refractivity contribution in [3.63, 3.8) is 0 Å². The molecule has 0 aromatic heterocycles. The van der Waals surface area contributed by atoms with Gasteiger partial charge in [0.15, 0.2) is 6.10 Å². The number of hydrogen-bond acceptors (Lipinski definition) is 3. The smallest absolute Gasteiger partial charge is 0.334 e. The summed E-state index contributed by atoms with van der Waals surface area (Å²) in [6.07, 6.45) is 1.41. The second kappa shape index (κ2) is 6.04. The highest BCUT2D eigenvalue weighted by Crippen LogP contribution is 2.29. The van der Waals surface area contributed by atoms with E-state index in [-0.39, 0.29) is 18.0 Å². The molecule has 1 aliphatic rings. The number of urea groups is 1. The number of carboxylic acid groups (broad SMARTS) is 1. The largest absolute Gasteiger partial charge is 0.479 e. The Labute approximate surface area is 107 Å². The summed E-state index contributed by atoms with van der Waals surface area (Å²) in [4.78, 5) is 23.9. The van der Waals surface area contributed by atoms with E-state index in [1.165, 1.54) is 0 Å². The van der Waals surface area contributed by atoms with Crippen molar-refractivity contribution >= 4 is 12.0 Å². The number of nitrogens with zero attached hydrogens (tertiary/aromatic N) is 1. The second-order valence-electron chi connectivity index (χ2n) is 5.54. The van der Waals surface area contributed by atoms with Gasteiger partial charge >= 0.3 is 12.0 Å². The lowest BCUT2D eigenvalue weighted by Crippen LogP contribution is -2.45. The van der Waals surface area contributed by atoms with E-state index in [1.807, 2.05) is 0 Å². The van der Waals surface area contributed by atoms with E-state index in [0.717, 1.165) is 19.3 Å². The van der Waals surface area contributed by atoms with Crippen molar-refractivity contribution in [1.82, 2.24) is 10.2 Å². The van der Waals surface area contributed by atoms with Gasteiger partial charge in [-0.25, -0.2) is 9.59 Å². The van der Waals surface area contributed by atoms with Crippen molar-refractivity contribution < 1.29 is 19.8 Å². The van der Waals surface area contributed by atoms with E-state index in [1.54, 1.807) is 4.90 Å². The molecule has 1 atom stereocenters. The molecule has 1 saturated heterocycles. The Balaban J connectivity index is 2.40. The zero-order valence-corrected chi connectivity index (χ0v) is 11.0. The number of rotatable bonds is 3. The number of carboxylic acids is 1. The Hall–Kier alpha value is -1.30. The van der Waals surface area contributed by atoms with Gasteiger partial charge < -0.3 is 20.4 Å². The minimum Gasteiger partial charge on any atom is -0.479 e. The van der Waals surface area contributed by atoms with Crippen LogP contribution < -0.4 is 5.32 Å². The number of hydrogen-bond donors (Lipinski definition) is 3. The minimum atomic E-state index is -1.54. The SMILES string of the molecule is CC1(C)CCCN(C(=O)NCC(O)C(=O)O)CC1. The van der Waals surface area contributed by atoms with Crippen molar-refractivity contribution in [1.29, 1.82) is 0 Å². The first kappa shape index (κ1) is 14.8. The van der Waals surface area contributed by atoms with E-state index < -0.39 is 12.1 Å². The van der Waals surface area contributed by atoms with E-state index in [2.05, 4.69) is 19.2 Å². The quantitative estimate of drug-likeness (QED) is 0.693. The number of aliphatic hydroxyl groups excluding tert-OH is 1. The van der Waals surface area contributed by atoms with Gasteiger partial charge in [0.05, 0.1) is 6.54 Å². The summed E-state index contributed by atoms with van der Waals surface area (Å²) in [6, 6.07) is -0.298. The predicted molar refractivity (Wildman–Crippen MR) is 66.2 cm³/mol. The van der Waals surface area contributed by atoms with Crippen LogP contribution in [-0.4, -0.2) is 52.9 Å². The predicted octanol–water partition coefficient (Wildman–Crippen LogP) is 0.654. The molecule has 3 N–H and O–H groups in total. The molecule has 104 valence electrons. The normalized spacial score (nSPS) is 20.9. The lowest BCUT2D eigenvalue weighted by Gasteiger charge is -2.23. The third-order valence-corrected chi connectivity index (χ3v) is 3.36. The number of aliphatic carboxylic acids is 1. The highest BCUT2D eigenvalue weighted by molar-refractivity contribution is 5.76. The average Bonchev–Trinajstić information content (AvgIpc) is 2.46. The van der Waals surface area contributed by atoms with Crippen molar-refractivity contribution in [2.24, 2.45) is 5.41 Å². The molecule has 6 heteroatoms. The second-order valence-corrected chi connectivity index (χ2v) is 5.54. The van der Waals surface area contributed by atoms with Crippen molar-refractivity contribution in [3.05, 3.63) is 0 Å². The zero-order valence-electron chi connectivity index (χ0n) is 11.0. The Morgan fingerprint density at radius 2 is 2.00 bits per heavy atom. The monoisotopic (exact) mass is 258 g/mol. The summed E-state index contributed by atoms with van der Waals surface area (Å²) in [6.45, 7) is 5.46. The molecular formula is C12H22N2O4. The highest BCUT2D eigenvalue weighted by atomic mass is 16.4. The van der Waals surface area contributed by atoms with Gasteiger partial charge in [-0.2, -0.15) is 0 Å². The van der Waals surface area contributed by atoms with Crippen LogP contribution in [0.15, 0.2) is 0 Å². The highest BCUT2D eigenvalue weighted by Gasteiger charge is 2.25. The topological polar surface area (TPSA) is 89.9 Å². The molecule has 0 aromatic carbocycles. The van der Waals surface area contributed by atoms with Crippen molar-refractivity contribution in [2.75, 3.05) is 19.6 Å². The van der Waals surface area contributed by atoms with Gasteiger partial charge in [0.1, 0.15) is 0 Å². The van der Waals surface area contributed by atoms with Gasteiger partial charge in [-0.3, -0.25) is 0 Å². The first-order valence-corrected chi connectivity index (χ1v) is 6.25. The summed E-state index contributed by atoms with van der Waals surface area (Å²) < 4.78 is 0. The summed E-state index contributed by atoms with van der Waals surface area (Å²) >= 11 is 0. The molecule has 0 bridgehead atoms.